The lowest BCUT2D eigenvalue weighted by Gasteiger charge is -2.29. The van der Waals surface area contributed by atoms with Crippen LogP contribution in [0.15, 0.2) is 220 Å². The molecule has 90 heavy (non-hydrogen) atoms. The van der Waals surface area contributed by atoms with Crippen molar-refractivity contribution in [3.63, 3.8) is 0 Å². The van der Waals surface area contributed by atoms with Gasteiger partial charge in [-0.1, -0.05) is 87.0 Å². The minimum Gasteiger partial charge on any atom is -0.454 e. The van der Waals surface area contributed by atoms with E-state index in [1.807, 2.05) is 29.2 Å². The van der Waals surface area contributed by atoms with Crippen LogP contribution in [0.25, 0.3) is 83.1 Å². The van der Waals surface area contributed by atoms with Crippen LogP contribution in [-0.4, -0.2) is 86.2 Å². The molecule has 11 aromatic rings. The number of imidazole rings is 3. The predicted molar refractivity (Wildman–Crippen MR) is 338 cm³/mol. The first kappa shape index (κ1) is 56.9. The van der Waals surface area contributed by atoms with Crippen LogP contribution in [0.5, 0.6) is 0 Å². The van der Waals surface area contributed by atoms with Crippen LogP contribution >= 0.6 is 0 Å². The Balaban J connectivity index is 1.02. The number of aliphatic imine (C=N–C) groups is 1. The van der Waals surface area contributed by atoms with Crippen molar-refractivity contribution in [3.8, 4) is 28.4 Å². The number of allylic oxidation sites excluding steroid dienone is 2. The van der Waals surface area contributed by atoms with Crippen molar-refractivity contribution in [2.45, 2.75) is 44.7 Å². The first-order chi connectivity index (χ1) is 43.6. The number of hydrogen-bond acceptors (Lipinski definition) is 17. The molecule has 13 rings (SSSR count). The summed E-state index contributed by atoms with van der Waals surface area (Å²) in [6.07, 6.45) is 9.66. The molecule has 5 aromatic heterocycles. The van der Waals surface area contributed by atoms with E-state index in [0.29, 0.717) is 61.7 Å². The van der Waals surface area contributed by atoms with E-state index in [2.05, 4.69) is 26.3 Å². The molecule has 22 nitrogen and oxygen atoms in total. The second-order valence-electron chi connectivity index (χ2n) is 21.0. The molecular formula is C68H50N10O12. The van der Waals surface area contributed by atoms with Crippen molar-refractivity contribution < 1.29 is 38.1 Å². The number of anilines is 1. The minimum absolute atomic E-state index is 0.0247. The molecule has 1 aliphatic heterocycles. The summed E-state index contributed by atoms with van der Waals surface area (Å²) < 4.78 is 29.6. The molecule has 0 bridgehead atoms. The molecule has 0 saturated carbocycles. The van der Waals surface area contributed by atoms with E-state index in [4.69, 9.17) is 38.9 Å². The molecule has 4 atom stereocenters. The van der Waals surface area contributed by atoms with Crippen LogP contribution in [0.1, 0.15) is 43.5 Å². The Kier molecular flexibility index (Phi) is 14.3. The van der Waals surface area contributed by atoms with E-state index in [0.717, 1.165) is 33.4 Å². The van der Waals surface area contributed by atoms with Gasteiger partial charge in [-0.2, -0.15) is 0 Å². The Bertz CT molecular complexity index is 5070. The van der Waals surface area contributed by atoms with Gasteiger partial charge in [-0.15, -0.1) is 0 Å². The van der Waals surface area contributed by atoms with Crippen molar-refractivity contribution in [2.75, 3.05) is 11.5 Å². The lowest BCUT2D eigenvalue weighted by atomic mass is 10.0. The molecule has 0 amide bonds. The fraction of sp³-hybridized carbons (Fsp3) is 0.118. The van der Waals surface area contributed by atoms with E-state index >= 15 is 19.2 Å². The third-order valence-electron chi connectivity index (χ3n) is 15.7. The highest BCUT2D eigenvalue weighted by Gasteiger charge is 2.37. The zero-order valence-corrected chi connectivity index (χ0v) is 48.1. The van der Waals surface area contributed by atoms with E-state index in [9.17, 15) is 19.2 Å². The van der Waals surface area contributed by atoms with Crippen molar-refractivity contribution in [3.05, 3.63) is 255 Å². The van der Waals surface area contributed by atoms with Crippen LogP contribution in [0.4, 0.5) is 5.69 Å². The van der Waals surface area contributed by atoms with Gasteiger partial charge < -0.3 is 23.8 Å². The van der Waals surface area contributed by atoms with Gasteiger partial charge in [0.25, 0.3) is 22.2 Å². The standard InChI is InChI=1S/C68H50N10O12/c1-7-59(79)87-35-57-69-49-19-11-15-23-53(49)73(57)39-27-40(74-54-24-16-12-20-50(54)70-58(74)36-88-60(80)8-2)29-43(28-39)77-65(83)45-33-47-48(34-46(45)66(77)84)68(86)78(67(47)85)44-31-41(75-55-25-17-13-21-51(55)71-63(75)37(5)89-61(81)9-3)30-42(32-44)76-56-26-18-14-22-52(56)72-64(76)38(6)90-62(82)10-4/h7-34,37-38,49,53H,1-4,35-36H2,5-6H3. The Labute approximate surface area is 508 Å². The third kappa shape index (κ3) is 9.64. The maximum absolute atomic E-state index is 15.3. The average Bonchev–Trinajstić information content (AvgIpc) is 2.08. The number of para-hydroxylation sites is 6. The van der Waals surface area contributed by atoms with Crippen LogP contribution in [-0.2, 0) is 44.7 Å². The van der Waals surface area contributed by atoms with Crippen LogP contribution in [0, 0.1) is 0 Å². The number of ether oxygens (including phenoxy) is 4. The quantitative estimate of drug-likeness (QED) is 0.0443. The lowest BCUT2D eigenvalue weighted by Crippen LogP contribution is -2.40. The number of amidine groups is 1. The normalized spacial score (nSPS) is 15.0. The molecule has 444 valence electrons. The van der Waals surface area contributed by atoms with Gasteiger partial charge in [0.15, 0.2) is 29.7 Å². The highest BCUT2D eigenvalue weighted by molar-refractivity contribution is 6.04. The highest BCUT2D eigenvalue weighted by atomic mass is 16.6. The summed E-state index contributed by atoms with van der Waals surface area (Å²) in [5.41, 5.74) is 1.39. The summed E-state index contributed by atoms with van der Waals surface area (Å²) >= 11 is 0. The maximum Gasteiger partial charge on any atom is 0.330 e. The van der Waals surface area contributed by atoms with Crippen LogP contribution in [0.2, 0.25) is 0 Å². The number of rotatable bonds is 18. The van der Waals surface area contributed by atoms with Crippen molar-refractivity contribution >= 4 is 90.0 Å². The SMILES string of the molecule is C=CC(=O)OCC1=NC2C=CC=CC2N1c1cc(-n2c(=O)c3cc4c(=O)n(-c5cc(-n6c(C(C)OC(=O)C=C)nc7ccccc76)cc(-n6c(C(C)OC(=O)C=C)nc7ccccc76)c5)c(=O)c4cc3c2=O)cc(-n2c(COC(=O)C=C)nc3ccccc32)c1. The number of fused-ring (bicyclic) bond motifs is 6. The molecule has 6 heterocycles. The fourth-order valence-corrected chi connectivity index (χ4v) is 11.7. The molecule has 6 aromatic carbocycles. The smallest absolute Gasteiger partial charge is 0.330 e. The zero-order valence-electron chi connectivity index (χ0n) is 48.1. The summed E-state index contributed by atoms with van der Waals surface area (Å²) in [5.74, 6) is -1.69. The largest absolute Gasteiger partial charge is 0.454 e. The molecule has 2 aliphatic rings. The van der Waals surface area contributed by atoms with Crippen molar-refractivity contribution in [2.24, 2.45) is 4.99 Å². The molecule has 1 aliphatic carbocycles. The molecule has 22 heteroatoms. The monoisotopic (exact) mass is 1200 g/mol. The summed E-state index contributed by atoms with van der Waals surface area (Å²) in [5, 5.41) is -0.717. The van der Waals surface area contributed by atoms with E-state index in [1.54, 1.807) is 137 Å². The van der Waals surface area contributed by atoms with Crippen molar-refractivity contribution in [1.29, 1.82) is 0 Å². The summed E-state index contributed by atoms with van der Waals surface area (Å²) in [7, 11) is 0. The molecule has 0 fully saturated rings. The Hall–Kier alpha value is -12.2. The maximum atomic E-state index is 15.3. The average molecular weight is 1200 g/mol. The van der Waals surface area contributed by atoms with Gasteiger partial charge in [0, 0.05) is 30.0 Å². The molecule has 0 N–H and O–H groups in total. The van der Waals surface area contributed by atoms with Gasteiger partial charge in [0.2, 0.25) is 0 Å². The molecule has 4 unspecified atom stereocenters. The lowest BCUT2D eigenvalue weighted by molar-refractivity contribution is -0.143. The molecule has 0 spiro atoms. The molecule has 0 saturated heterocycles. The second-order valence-corrected chi connectivity index (χ2v) is 21.0. The topological polar surface area (TPSA) is 252 Å². The van der Waals surface area contributed by atoms with E-state index in [1.165, 1.54) is 12.1 Å². The van der Waals surface area contributed by atoms with E-state index in [-0.39, 0.29) is 63.6 Å². The number of benzene rings is 6. The van der Waals surface area contributed by atoms with Gasteiger partial charge in [0.1, 0.15) is 19.0 Å². The summed E-state index contributed by atoms with van der Waals surface area (Å²) in [6.45, 7) is 16.8. The van der Waals surface area contributed by atoms with Crippen molar-refractivity contribution in [1.82, 2.24) is 37.8 Å². The number of carbonyl (C=O) groups is 4. The number of esters is 4. The third-order valence-corrected chi connectivity index (χ3v) is 15.7. The molecule has 0 radical (unpaired) electrons. The van der Waals surface area contributed by atoms with Crippen LogP contribution < -0.4 is 27.1 Å². The second kappa shape index (κ2) is 22.6. The first-order valence-electron chi connectivity index (χ1n) is 28.2. The predicted octanol–water partition coefficient (Wildman–Crippen LogP) is 8.53. The van der Waals surface area contributed by atoms with Gasteiger partial charge >= 0.3 is 23.9 Å². The van der Waals surface area contributed by atoms with Gasteiger partial charge in [0.05, 0.1) is 95.2 Å². The van der Waals surface area contributed by atoms with Gasteiger partial charge in [-0.05, 0) is 98.8 Å². The minimum atomic E-state index is -0.972. The number of nitrogens with zero attached hydrogens (tertiary/aromatic N) is 10. The highest BCUT2D eigenvalue weighted by Crippen LogP contribution is 2.37. The number of hydrogen-bond donors (Lipinski definition) is 0. The summed E-state index contributed by atoms with van der Waals surface area (Å²) in [4.78, 5) is 133. The number of carbonyl (C=O) groups excluding carboxylic acids is 4. The number of aromatic nitrogens is 8. The van der Waals surface area contributed by atoms with Gasteiger partial charge in [-0.25, -0.2) is 43.3 Å². The zero-order chi connectivity index (χ0) is 62.8. The van der Waals surface area contributed by atoms with Gasteiger partial charge in [-0.3, -0.25) is 37.9 Å². The Morgan fingerprint density at radius 1 is 0.467 bits per heavy atom. The Morgan fingerprint density at radius 2 is 0.844 bits per heavy atom. The molecular weight excluding hydrogens is 1150 g/mol. The summed E-state index contributed by atoms with van der Waals surface area (Å²) in [6, 6.07) is 33.0. The fourth-order valence-electron chi connectivity index (χ4n) is 11.7. The van der Waals surface area contributed by atoms with E-state index < -0.39 is 70.4 Å². The Morgan fingerprint density at radius 3 is 1.30 bits per heavy atom. The van der Waals surface area contributed by atoms with Crippen LogP contribution in [0.3, 0.4) is 0 Å². The first-order valence-corrected chi connectivity index (χ1v) is 28.2.